The summed E-state index contributed by atoms with van der Waals surface area (Å²) in [5.74, 6) is -2.56. The largest absolute Gasteiger partial charge is 0.330 e. The molecule has 0 aromatic carbocycles. The van der Waals surface area contributed by atoms with Crippen LogP contribution in [0.2, 0.25) is 0 Å². The Hall–Kier alpha value is -0.970. The molecular weight excluding hydrogens is 212 g/mol. The molecule has 2 rings (SSSR count). The number of nitrogens with two attached hydrogens (primary N) is 1. The number of nitrogens with zero attached hydrogens (tertiary/aromatic N) is 2. The number of hydrogen-bond acceptors (Lipinski definition) is 2. The van der Waals surface area contributed by atoms with Crippen LogP contribution < -0.4 is 5.73 Å². The van der Waals surface area contributed by atoms with Crippen LogP contribution in [0.4, 0.5) is 8.78 Å². The molecule has 0 unspecified atom stereocenters. The Morgan fingerprint density at radius 1 is 1.50 bits per heavy atom. The third kappa shape index (κ3) is 1.63. The Kier molecular flexibility index (Phi) is 2.53. The molecule has 1 heterocycles. The Morgan fingerprint density at radius 2 is 2.12 bits per heavy atom. The van der Waals surface area contributed by atoms with E-state index in [1.165, 1.54) is 0 Å². The second-order valence-corrected chi connectivity index (χ2v) is 4.95. The molecule has 1 aromatic heterocycles. The van der Waals surface area contributed by atoms with Crippen LogP contribution in [0, 0.1) is 0 Å². The highest BCUT2D eigenvalue weighted by Crippen LogP contribution is 2.52. The molecule has 0 atom stereocenters. The van der Waals surface area contributed by atoms with Gasteiger partial charge in [0, 0.05) is 42.7 Å². The number of hydrogen-bond donors (Lipinski definition) is 1. The monoisotopic (exact) mass is 229 g/mol. The summed E-state index contributed by atoms with van der Waals surface area (Å²) < 4.78 is 27.9. The van der Waals surface area contributed by atoms with Crippen molar-refractivity contribution in [2.45, 2.75) is 44.1 Å². The van der Waals surface area contributed by atoms with Crippen molar-refractivity contribution < 1.29 is 8.78 Å². The van der Waals surface area contributed by atoms with E-state index in [9.17, 15) is 8.78 Å². The maximum Gasteiger partial charge on any atom is 0.250 e. The summed E-state index contributed by atoms with van der Waals surface area (Å²) in [5.41, 5.74) is 5.94. The third-order valence-corrected chi connectivity index (χ3v) is 3.29. The first-order valence-corrected chi connectivity index (χ1v) is 5.52. The van der Waals surface area contributed by atoms with E-state index in [1.54, 1.807) is 10.9 Å². The summed E-state index contributed by atoms with van der Waals surface area (Å²) in [6.07, 6.45) is 1.34. The highest BCUT2D eigenvalue weighted by Gasteiger charge is 2.57. The van der Waals surface area contributed by atoms with Crippen molar-refractivity contribution >= 4 is 0 Å². The fourth-order valence-electron chi connectivity index (χ4n) is 2.51. The van der Waals surface area contributed by atoms with Crippen molar-refractivity contribution in [1.82, 2.24) is 9.78 Å². The zero-order valence-corrected chi connectivity index (χ0v) is 9.58. The molecule has 0 radical (unpaired) electrons. The van der Waals surface area contributed by atoms with Gasteiger partial charge in [0.25, 0.3) is 0 Å². The minimum atomic E-state index is -2.56. The molecule has 0 amide bonds. The maximum absolute atomic E-state index is 13.1. The molecule has 1 fully saturated rings. The van der Waals surface area contributed by atoms with Crippen LogP contribution in [-0.4, -0.2) is 22.2 Å². The van der Waals surface area contributed by atoms with E-state index >= 15 is 0 Å². The van der Waals surface area contributed by atoms with Gasteiger partial charge in [-0.1, -0.05) is 0 Å². The Labute approximate surface area is 93.6 Å². The molecule has 90 valence electrons. The Balaban J connectivity index is 2.32. The van der Waals surface area contributed by atoms with E-state index in [2.05, 4.69) is 5.10 Å². The smallest absolute Gasteiger partial charge is 0.250 e. The predicted octanol–water partition coefficient (Wildman–Crippen LogP) is 2.09. The molecule has 1 saturated carbocycles. The molecule has 1 aliphatic carbocycles. The van der Waals surface area contributed by atoms with Crippen molar-refractivity contribution in [1.29, 1.82) is 0 Å². The molecule has 0 bridgehead atoms. The van der Waals surface area contributed by atoms with Gasteiger partial charge in [-0.2, -0.15) is 5.10 Å². The van der Waals surface area contributed by atoms with E-state index in [0.717, 1.165) is 5.69 Å². The summed E-state index contributed by atoms with van der Waals surface area (Å²) >= 11 is 0. The van der Waals surface area contributed by atoms with Crippen LogP contribution in [0.1, 0.15) is 38.4 Å². The van der Waals surface area contributed by atoms with Gasteiger partial charge in [-0.05, 0) is 19.9 Å². The minimum Gasteiger partial charge on any atom is -0.330 e. The second kappa shape index (κ2) is 3.52. The molecule has 2 N–H and O–H groups in total. The van der Waals surface area contributed by atoms with Crippen molar-refractivity contribution in [3.8, 4) is 0 Å². The van der Waals surface area contributed by atoms with Gasteiger partial charge < -0.3 is 5.73 Å². The van der Waals surface area contributed by atoms with Gasteiger partial charge in [0.05, 0.1) is 0 Å². The van der Waals surface area contributed by atoms with Crippen molar-refractivity contribution in [3.63, 3.8) is 0 Å². The first kappa shape index (κ1) is 11.5. The lowest BCUT2D eigenvalue weighted by atomic mass is 9.64. The van der Waals surface area contributed by atoms with Gasteiger partial charge in [-0.3, -0.25) is 4.68 Å². The highest BCUT2D eigenvalue weighted by molar-refractivity contribution is 5.25. The molecule has 1 aromatic rings. The lowest BCUT2D eigenvalue weighted by Gasteiger charge is -2.47. The molecule has 3 nitrogen and oxygen atoms in total. The normalized spacial score (nSPS) is 22.1. The van der Waals surface area contributed by atoms with Crippen molar-refractivity contribution in [2.75, 3.05) is 6.54 Å². The van der Waals surface area contributed by atoms with Crippen molar-refractivity contribution in [3.05, 3.63) is 18.0 Å². The fourth-order valence-corrected chi connectivity index (χ4v) is 2.51. The van der Waals surface area contributed by atoms with Crippen LogP contribution >= 0.6 is 0 Å². The number of rotatable bonds is 3. The van der Waals surface area contributed by atoms with Gasteiger partial charge in [0.15, 0.2) is 0 Å². The first-order chi connectivity index (χ1) is 7.40. The van der Waals surface area contributed by atoms with E-state index in [1.807, 2.05) is 19.9 Å². The van der Waals surface area contributed by atoms with Crippen LogP contribution in [-0.2, 0) is 5.41 Å². The average molecular weight is 229 g/mol. The second-order valence-electron chi connectivity index (χ2n) is 4.95. The lowest BCUT2D eigenvalue weighted by Crippen LogP contribution is -2.54. The lowest BCUT2D eigenvalue weighted by molar-refractivity contribution is -0.126. The number of alkyl halides is 2. The van der Waals surface area contributed by atoms with E-state index < -0.39 is 11.3 Å². The molecule has 1 aliphatic rings. The fraction of sp³-hybridized carbons (Fsp3) is 0.727. The highest BCUT2D eigenvalue weighted by atomic mass is 19.3. The third-order valence-electron chi connectivity index (χ3n) is 3.29. The minimum absolute atomic E-state index is 0.158. The van der Waals surface area contributed by atoms with E-state index in [0.29, 0.717) is 0 Å². The zero-order chi connectivity index (χ0) is 12.0. The summed E-state index contributed by atoms with van der Waals surface area (Å²) in [7, 11) is 0. The number of halogens is 2. The summed E-state index contributed by atoms with van der Waals surface area (Å²) in [6, 6.07) is 1.98. The zero-order valence-electron chi connectivity index (χ0n) is 9.58. The molecule has 16 heavy (non-hydrogen) atoms. The molecular formula is C11H17F2N3. The number of aromatic nitrogens is 2. The van der Waals surface area contributed by atoms with Gasteiger partial charge >= 0.3 is 0 Å². The predicted molar refractivity (Wildman–Crippen MR) is 57.5 cm³/mol. The standard InChI is InChI=1S/C11H17F2N3/c1-8(2)16-9(3-4-15-16)10(7-14)5-11(12,13)6-10/h3-4,8H,5-7,14H2,1-2H3. The average Bonchev–Trinajstić information content (AvgIpc) is 2.61. The van der Waals surface area contributed by atoms with Gasteiger partial charge in [0.2, 0.25) is 5.92 Å². The molecule has 0 aliphatic heterocycles. The Morgan fingerprint density at radius 3 is 2.56 bits per heavy atom. The SMILES string of the molecule is CC(C)n1nccc1C1(CN)CC(F)(F)C1. The quantitative estimate of drug-likeness (QED) is 0.862. The van der Waals surface area contributed by atoms with Gasteiger partial charge in [-0.15, -0.1) is 0 Å². The van der Waals surface area contributed by atoms with E-state index in [4.69, 9.17) is 5.73 Å². The van der Waals surface area contributed by atoms with Crippen LogP contribution in [0.5, 0.6) is 0 Å². The molecule has 5 heteroatoms. The van der Waals surface area contributed by atoms with E-state index in [-0.39, 0.29) is 25.4 Å². The first-order valence-electron chi connectivity index (χ1n) is 5.52. The molecule has 0 saturated heterocycles. The van der Waals surface area contributed by atoms with Gasteiger partial charge in [-0.25, -0.2) is 8.78 Å². The summed E-state index contributed by atoms with van der Waals surface area (Å²) in [6.45, 7) is 4.22. The van der Waals surface area contributed by atoms with Crippen LogP contribution in [0.15, 0.2) is 12.3 Å². The summed E-state index contributed by atoms with van der Waals surface area (Å²) in [4.78, 5) is 0. The van der Waals surface area contributed by atoms with Gasteiger partial charge in [0.1, 0.15) is 0 Å². The molecule has 0 spiro atoms. The topological polar surface area (TPSA) is 43.8 Å². The maximum atomic E-state index is 13.1. The Bertz CT molecular complexity index is 376. The van der Waals surface area contributed by atoms with Crippen molar-refractivity contribution in [2.24, 2.45) is 5.73 Å². The van der Waals surface area contributed by atoms with Crippen LogP contribution in [0.25, 0.3) is 0 Å². The summed E-state index contributed by atoms with van der Waals surface area (Å²) in [5, 5.41) is 4.18. The van der Waals surface area contributed by atoms with Crippen LogP contribution in [0.3, 0.4) is 0 Å².